The van der Waals surface area contributed by atoms with Crippen molar-refractivity contribution in [2.75, 3.05) is 0 Å². The van der Waals surface area contributed by atoms with Gasteiger partial charge in [0.15, 0.2) is 0 Å². The van der Waals surface area contributed by atoms with Gasteiger partial charge in [-0.15, -0.1) is 0 Å². The average molecular weight is 388 g/mol. The molecule has 0 amide bonds. The van der Waals surface area contributed by atoms with Crippen LogP contribution in [0.3, 0.4) is 0 Å². The molecule has 7 unspecified atom stereocenters. The fourth-order valence-corrected chi connectivity index (χ4v) is 6.57. The molecule has 2 nitrogen and oxygen atoms in total. The average Bonchev–Trinajstić information content (AvgIpc) is 3.13. The molecule has 4 bridgehead atoms. The lowest BCUT2D eigenvalue weighted by Gasteiger charge is -2.44. The summed E-state index contributed by atoms with van der Waals surface area (Å²) < 4.78 is 6.08. The van der Waals surface area contributed by atoms with Crippen molar-refractivity contribution in [3.63, 3.8) is 0 Å². The van der Waals surface area contributed by atoms with E-state index in [0.717, 1.165) is 42.4 Å². The van der Waals surface area contributed by atoms with E-state index in [1.807, 2.05) is 0 Å². The number of hydrogen-bond donors (Lipinski definition) is 0. The molecular weight excluding hydrogens is 363 g/mol. The second kappa shape index (κ2) is 4.60. The summed E-state index contributed by atoms with van der Waals surface area (Å²) in [5, 5.41) is 0. The van der Waals surface area contributed by atoms with Crippen LogP contribution in [0.4, 0.5) is 0 Å². The second-order valence-corrected chi connectivity index (χ2v) is 9.41. The Kier molecular flexibility index (Phi) is 3.18. The predicted octanol–water partition coefficient (Wildman–Crippen LogP) is 4.20. The van der Waals surface area contributed by atoms with Crippen molar-refractivity contribution in [2.24, 2.45) is 35.5 Å². The molecule has 8 atom stereocenters. The molecule has 0 radical (unpaired) electrons. The molecule has 4 rings (SSSR count). The highest BCUT2D eigenvalue weighted by atomic mass is 127. The molecule has 4 aliphatic rings. The molecule has 0 heterocycles. The van der Waals surface area contributed by atoms with Crippen LogP contribution >= 0.6 is 22.6 Å². The number of carbonyl (C=O) groups excluding carboxylic acids is 1. The van der Waals surface area contributed by atoms with Crippen LogP contribution in [0.1, 0.15) is 52.4 Å². The fourth-order valence-electron chi connectivity index (χ4n) is 6.44. The van der Waals surface area contributed by atoms with Crippen LogP contribution in [0.5, 0.6) is 0 Å². The van der Waals surface area contributed by atoms with Gasteiger partial charge in [-0.25, -0.2) is 0 Å². The maximum absolute atomic E-state index is 12.2. The summed E-state index contributed by atoms with van der Waals surface area (Å²) >= 11 is 2.23. The number of fused-ring (bicyclic) bond motifs is 9. The molecule has 0 saturated heterocycles. The minimum absolute atomic E-state index is 0.0272. The zero-order valence-electron chi connectivity index (χ0n) is 12.5. The van der Waals surface area contributed by atoms with Crippen molar-refractivity contribution in [3.8, 4) is 0 Å². The first-order chi connectivity index (χ1) is 9.53. The summed E-state index contributed by atoms with van der Waals surface area (Å²) in [7, 11) is 0. The molecule has 0 aromatic carbocycles. The van der Waals surface area contributed by atoms with E-state index in [1.54, 1.807) is 0 Å². The molecule has 3 heteroatoms. The summed E-state index contributed by atoms with van der Waals surface area (Å²) in [4.78, 5) is 12.2. The first-order valence-electron chi connectivity index (χ1n) is 8.40. The molecule has 4 fully saturated rings. The maximum Gasteiger partial charge on any atom is 0.319 e. The highest BCUT2D eigenvalue weighted by Gasteiger charge is 2.66. The van der Waals surface area contributed by atoms with E-state index in [1.165, 1.54) is 25.7 Å². The van der Waals surface area contributed by atoms with Gasteiger partial charge in [0.1, 0.15) is 9.53 Å². The summed E-state index contributed by atoms with van der Waals surface area (Å²) in [6, 6.07) is 0. The van der Waals surface area contributed by atoms with Crippen molar-refractivity contribution in [3.05, 3.63) is 0 Å². The number of esters is 1. The zero-order chi connectivity index (χ0) is 14.1. The van der Waals surface area contributed by atoms with Crippen LogP contribution in [0, 0.1) is 35.5 Å². The minimum atomic E-state index is -0.147. The Morgan fingerprint density at radius 3 is 2.65 bits per heavy atom. The van der Waals surface area contributed by atoms with Crippen LogP contribution in [-0.4, -0.2) is 15.5 Å². The van der Waals surface area contributed by atoms with Gasteiger partial charge in [-0.1, -0.05) is 29.5 Å². The molecular formula is C17H25IO2. The molecule has 0 N–H and O–H groups in total. The number of alkyl halides is 1. The summed E-state index contributed by atoms with van der Waals surface area (Å²) in [6.45, 7) is 4.30. The van der Waals surface area contributed by atoms with Crippen molar-refractivity contribution < 1.29 is 9.53 Å². The topological polar surface area (TPSA) is 26.3 Å². The van der Waals surface area contributed by atoms with E-state index < -0.39 is 0 Å². The molecule has 4 aliphatic carbocycles. The van der Waals surface area contributed by atoms with Gasteiger partial charge >= 0.3 is 5.97 Å². The highest BCUT2D eigenvalue weighted by Crippen LogP contribution is 2.70. The molecule has 112 valence electrons. The van der Waals surface area contributed by atoms with Crippen molar-refractivity contribution in [1.82, 2.24) is 0 Å². The Balaban J connectivity index is 1.53. The lowest BCUT2D eigenvalue weighted by molar-refractivity contribution is -0.167. The SMILES string of the molecule is CCC(I)C(=O)OC1(C)CC2CC1C1C2C2CC[C@@H]1C2. The lowest BCUT2D eigenvalue weighted by atomic mass is 9.66. The highest BCUT2D eigenvalue weighted by molar-refractivity contribution is 14.1. The Morgan fingerprint density at radius 1 is 1.25 bits per heavy atom. The van der Waals surface area contributed by atoms with Gasteiger partial charge in [0.2, 0.25) is 0 Å². The number of hydrogen-bond acceptors (Lipinski definition) is 2. The third kappa shape index (κ3) is 1.77. The zero-order valence-corrected chi connectivity index (χ0v) is 14.6. The van der Waals surface area contributed by atoms with E-state index in [0.29, 0.717) is 5.92 Å². The Labute approximate surface area is 135 Å². The van der Waals surface area contributed by atoms with Crippen LogP contribution < -0.4 is 0 Å². The predicted molar refractivity (Wildman–Crippen MR) is 86.6 cm³/mol. The fraction of sp³-hybridized carbons (Fsp3) is 0.941. The normalized spacial score (nSPS) is 53.1. The smallest absolute Gasteiger partial charge is 0.319 e. The van der Waals surface area contributed by atoms with E-state index in [9.17, 15) is 4.79 Å². The van der Waals surface area contributed by atoms with E-state index >= 15 is 0 Å². The first-order valence-corrected chi connectivity index (χ1v) is 9.65. The molecule has 0 spiro atoms. The van der Waals surface area contributed by atoms with Gasteiger partial charge in [0.25, 0.3) is 0 Å². The first kappa shape index (κ1) is 13.8. The molecule has 20 heavy (non-hydrogen) atoms. The quantitative estimate of drug-likeness (QED) is 0.314. The van der Waals surface area contributed by atoms with Crippen molar-refractivity contribution >= 4 is 28.6 Å². The van der Waals surface area contributed by atoms with Crippen LogP contribution in [0.2, 0.25) is 0 Å². The van der Waals surface area contributed by atoms with Gasteiger partial charge in [0.05, 0.1) is 0 Å². The minimum Gasteiger partial charge on any atom is -0.458 e. The standard InChI is InChI=1S/C17H25IO2/c1-3-13(18)16(19)20-17(2)8-11-7-12(17)15-10-5-4-9(6-10)14(11)15/h9-15H,3-8H2,1-2H3/t9?,10-,11?,12?,13?,14?,15?,17?/m1/s1. The third-order valence-corrected chi connectivity index (χ3v) is 8.40. The van der Waals surface area contributed by atoms with Gasteiger partial charge in [-0.3, -0.25) is 4.79 Å². The summed E-state index contributed by atoms with van der Waals surface area (Å²) in [5.74, 6) is 5.41. The molecule has 0 aromatic heterocycles. The molecule has 4 saturated carbocycles. The van der Waals surface area contributed by atoms with Crippen LogP contribution in [-0.2, 0) is 9.53 Å². The Morgan fingerprint density at radius 2 is 1.95 bits per heavy atom. The monoisotopic (exact) mass is 388 g/mol. The van der Waals surface area contributed by atoms with Crippen molar-refractivity contribution in [1.29, 1.82) is 0 Å². The number of rotatable bonds is 3. The van der Waals surface area contributed by atoms with E-state index in [-0.39, 0.29) is 15.5 Å². The lowest BCUT2D eigenvalue weighted by Crippen LogP contribution is -2.46. The van der Waals surface area contributed by atoms with E-state index in [2.05, 4.69) is 36.4 Å². The number of carbonyl (C=O) groups is 1. The Bertz CT molecular complexity index is 437. The van der Waals surface area contributed by atoms with Gasteiger partial charge in [-0.05, 0) is 75.0 Å². The maximum atomic E-state index is 12.2. The largest absolute Gasteiger partial charge is 0.458 e. The van der Waals surface area contributed by atoms with Crippen molar-refractivity contribution in [2.45, 2.75) is 61.9 Å². The van der Waals surface area contributed by atoms with Gasteiger partial charge in [0, 0.05) is 5.92 Å². The molecule has 0 aromatic rings. The van der Waals surface area contributed by atoms with Gasteiger partial charge < -0.3 is 4.74 Å². The van der Waals surface area contributed by atoms with Gasteiger partial charge in [-0.2, -0.15) is 0 Å². The Hall–Kier alpha value is 0.200. The van der Waals surface area contributed by atoms with Crippen LogP contribution in [0.15, 0.2) is 0 Å². The van der Waals surface area contributed by atoms with E-state index in [4.69, 9.17) is 4.74 Å². The third-order valence-electron chi connectivity index (χ3n) is 7.01. The van der Waals surface area contributed by atoms with Crippen LogP contribution in [0.25, 0.3) is 0 Å². The molecule has 0 aliphatic heterocycles. The number of ether oxygens (including phenoxy) is 1. The number of halogens is 1. The summed E-state index contributed by atoms with van der Waals surface area (Å²) in [6.07, 6.45) is 7.77. The summed E-state index contributed by atoms with van der Waals surface area (Å²) in [5.41, 5.74) is -0.147. The second-order valence-electron chi connectivity index (χ2n) is 7.90.